The van der Waals surface area contributed by atoms with Gasteiger partial charge in [-0.15, -0.1) is 11.0 Å². The molecule has 0 heterocycles. The Balaban J connectivity index is 2.36. The first-order valence-electron chi connectivity index (χ1n) is 6.01. The van der Waals surface area contributed by atoms with Gasteiger partial charge in [0.15, 0.2) is 0 Å². The minimum atomic E-state index is -0.547. The molecule has 0 spiro atoms. The average Bonchev–Trinajstić information content (AvgIpc) is 2.40. The number of carbonyl (C=O) groups excluding carboxylic acids is 1. The van der Waals surface area contributed by atoms with Crippen molar-refractivity contribution >= 4 is 19.2 Å². The Bertz CT molecular complexity index is 391. The Labute approximate surface area is 113 Å². The number of rotatable bonds is 8. The van der Waals surface area contributed by atoms with E-state index >= 15 is 0 Å². The molecule has 0 bridgehead atoms. The number of hydrogen-bond donors (Lipinski definition) is 2. The van der Waals surface area contributed by atoms with Crippen molar-refractivity contribution in [2.45, 2.75) is 0 Å². The van der Waals surface area contributed by atoms with Gasteiger partial charge in [-0.05, 0) is 5.56 Å². The maximum atomic E-state index is 11.5. The number of aliphatic hydroxyl groups excluding tert-OH is 2. The highest BCUT2D eigenvalue weighted by atomic mass is 16.7. The average molecular weight is 262 g/mol. The Morgan fingerprint density at radius 2 is 1.84 bits per heavy atom. The smallest absolute Gasteiger partial charge is 0.293 e. The third kappa shape index (κ3) is 6.76. The summed E-state index contributed by atoms with van der Waals surface area (Å²) in [4.78, 5) is 16.4. The molecular weight excluding hydrogens is 245 g/mol. The number of benzene rings is 1. The van der Waals surface area contributed by atoms with E-state index in [4.69, 9.17) is 15.1 Å². The fourth-order valence-electron chi connectivity index (χ4n) is 1.39. The molecule has 2 N–H and O–H groups in total. The molecule has 101 valence electrons. The normalized spacial score (nSPS) is 10.9. The molecule has 6 heteroatoms. The second-order valence-corrected chi connectivity index (χ2v) is 3.72. The van der Waals surface area contributed by atoms with Crippen LogP contribution in [0.25, 0.3) is 6.08 Å². The zero-order chi connectivity index (χ0) is 13.9. The van der Waals surface area contributed by atoms with Gasteiger partial charge >= 0.3 is 0 Å². The zero-order valence-corrected chi connectivity index (χ0v) is 10.6. The van der Waals surface area contributed by atoms with Crippen LogP contribution in [0.5, 0.6) is 0 Å². The third-order valence-electron chi connectivity index (χ3n) is 2.24. The van der Waals surface area contributed by atoms with Crippen molar-refractivity contribution in [3.05, 3.63) is 41.9 Å². The number of nitrogens with zero attached hydrogens (tertiary/aromatic N) is 1. The van der Waals surface area contributed by atoms with Crippen molar-refractivity contribution < 1.29 is 19.8 Å². The Kier molecular flexibility index (Phi) is 7.57. The van der Waals surface area contributed by atoms with Gasteiger partial charge in [-0.3, -0.25) is 4.79 Å². The molecule has 0 fully saturated rings. The monoisotopic (exact) mass is 262 g/mol. The molecule has 1 aromatic rings. The predicted molar refractivity (Wildman–Crippen MR) is 73.5 cm³/mol. The molecular formula is C13H17BNO4. The summed E-state index contributed by atoms with van der Waals surface area (Å²) in [6, 6.07) is 9.56. The van der Waals surface area contributed by atoms with E-state index in [-0.39, 0.29) is 26.3 Å². The molecule has 19 heavy (non-hydrogen) atoms. The van der Waals surface area contributed by atoms with Crippen molar-refractivity contribution in [2.24, 2.45) is 0 Å². The number of hydroxylamine groups is 2. The fraction of sp³-hybridized carbons (Fsp3) is 0.308. The van der Waals surface area contributed by atoms with Gasteiger partial charge in [0.25, 0.3) is 13.1 Å². The first kappa shape index (κ1) is 15.4. The van der Waals surface area contributed by atoms with Gasteiger partial charge in [0.05, 0.1) is 26.3 Å². The van der Waals surface area contributed by atoms with Gasteiger partial charge < -0.3 is 15.1 Å². The fourth-order valence-corrected chi connectivity index (χ4v) is 1.39. The second-order valence-electron chi connectivity index (χ2n) is 3.72. The molecule has 0 saturated heterocycles. The summed E-state index contributed by atoms with van der Waals surface area (Å²) in [5, 5.41) is 18.7. The highest BCUT2D eigenvalue weighted by Crippen LogP contribution is 2.00. The van der Waals surface area contributed by atoms with Crippen LogP contribution in [-0.2, 0) is 4.84 Å². The Hall–Kier alpha value is -1.63. The molecule has 0 aromatic heterocycles. The minimum Gasteiger partial charge on any atom is -0.395 e. The van der Waals surface area contributed by atoms with E-state index < -0.39 is 5.87 Å². The van der Waals surface area contributed by atoms with E-state index in [1.165, 1.54) is 12.3 Å². The Morgan fingerprint density at radius 3 is 2.42 bits per heavy atom. The maximum absolute atomic E-state index is 11.5. The van der Waals surface area contributed by atoms with Crippen LogP contribution >= 0.6 is 0 Å². The van der Waals surface area contributed by atoms with Gasteiger partial charge in [0, 0.05) is 0 Å². The predicted octanol–water partition coefficient (Wildman–Crippen LogP) is 0.700. The SMILES string of the molecule is O=C([B]C=Cc1ccccc1)ON(CCO)CCO. The van der Waals surface area contributed by atoms with E-state index in [2.05, 4.69) is 0 Å². The van der Waals surface area contributed by atoms with Crippen LogP contribution < -0.4 is 0 Å². The largest absolute Gasteiger partial charge is 0.395 e. The van der Waals surface area contributed by atoms with Crippen molar-refractivity contribution in [1.82, 2.24) is 5.06 Å². The highest BCUT2D eigenvalue weighted by Gasteiger charge is 2.10. The van der Waals surface area contributed by atoms with Gasteiger partial charge in [0.1, 0.15) is 0 Å². The molecule has 0 aliphatic carbocycles. The highest BCUT2D eigenvalue weighted by molar-refractivity contribution is 6.76. The lowest BCUT2D eigenvalue weighted by atomic mass is 9.78. The van der Waals surface area contributed by atoms with Crippen molar-refractivity contribution in [1.29, 1.82) is 0 Å². The lowest BCUT2D eigenvalue weighted by Crippen LogP contribution is -2.33. The number of hydrogen-bond acceptors (Lipinski definition) is 5. The summed E-state index contributed by atoms with van der Waals surface area (Å²) in [7, 11) is 1.29. The second kappa shape index (κ2) is 9.32. The summed E-state index contributed by atoms with van der Waals surface area (Å²) in [5.74, 6) is 1.04. The van der Waals surface area contributed by atoms with Gasteiger partial charge in [0.2, 0.25) is 0 Å². The number of carbonyl (C=O) groups is 1. The minimum absolute atomic E-state index is 0.146. The quantitative estimate of drug-likeness (QED) is 0.533. The van der Waals surface area contributed by atoms with E-state index in [1.54, 1.807) is 12.1 Å². The van der Waals surface area contributed by atoms with E-state index in [0.717, 1.165) is 5.56 Å². The summed E-state index contributed by atoms with van der Waals surface area (Å²) in [6.07, 6.45) is 1.78. The first-order chi connectivity index (χ1) is 9.26. The summed E-state index contributed by atoms with van der Waals surface area (Å²) >= 11 is 0. The summed E-state index contributed by atoms with van der Waals surface area (Å²) in [5.41, 5.74) is 0.981. The van der Waals surface area contributed by atoms with E-state index in [1.807, 2.05) is 30.3 Å². The molecule has 0 saturated carbocycles. The van der Waals surface area contributed by atoms with Crippen LogP contribution in [0.4, 0.5) is 4.79 Å². The molecule has 1 aromatic carbocycles. The molecule has 1 rings (SSSR count). The lowest BCUT2D eigenvalue weighted by molar-refractivity contribution is -0.103. The van der Waals surface area contributed by atoms with Crippen LogP contribution in [0.15, 0.2) is 36.3 Å². The molecule has 0 unspecified atom stereocenters. The molecule has 0 amide bonds. The molecule has 0 atom stereocenters. The van der Waals surface area contributed by atoms with Crippen LogP contribution in [0.2, 0.25) is 0 Å². The van der Waals surface area contributed by atoms with Gasteiger partial charge in [-0.25, -0.2) is 0 Å². The number of aliphatic hydroxyl groups is 2. The summed E-state index contributed by atoms with van der Waals surface area (Å²) < 4.78 is 0. The van der Waals surface area contributed by atoms with E-state index in [9.17, 15) is 4.79 Å². The van der Waals surface area contributed by atoms with E-state index in [0.29, 0.717) is 0 Å². The zero-order valence-electron chi connectivity index (χ0n) is 10.6. The molecule has 0 aliphatic rings. The molecule has 5 nitrogen and oxygen atoms in total. The van der Waals surface area contributed by atoms with Crippen LogP contribution in [0, 0.1) is 0 Å². The summed E-state index contributed by atoms with van der Waals surface area (Å²) in [6.45, 7) is 0.0470. The third-order valence-corrected chi connectivity index (χ3v) is 2.24. The van der Waals surface area contributed by atoms with Crippen molar-refractivity contribution in [2.75, 3.05) is 26.3 Å². The van der Waals surface area contributed by atoms with Crippen LogP contribution in [0.3, 0.4) is 0 Å². The molecule has 0 aliphatic heterocycles. The maximum Gasteiger partial charge on any atom is 0.293 e. The van der Waals surface area contributed by atoms with Gasteiger partial charge in [-0.1, -0.05) is 36.4 Å². The topological polar surface area (TPSA) is 70.0 Å². The molecule has 1 radical (unpaired) electrons. The van der Waals surface area contributed by atoms with Crippen molar-refractivity contribution in [3.8, 4) is 0 Å². The lowest BCUT2D eigenvalue weighted by Gasteiger charge is -2.18. The Morgan fingerprint density at radius 1 is 1.21 bits per heavy atom. The standard InChI is InChI=1S/C13H17BNO4/c16-10-8-15(9-11-17)19-13(18)14-7-6-12-4-2-1-3-5-12/h1-7,16-17H,8-11H2. The van der Waals surface area contributed by atoms with Crippen molar-refractivity contribution in [3.63, 3.8) is 0 Å². The van der Waals surface area contributed by atoms with Crippen LogP contribution in [-0.4, -0.2) is 54.7 Å². The van der Waals surface area contributed by atoms with Gasteiger partial charge in [-0.2, -0.15) is 0 Å². The first-order valence-corrected chi connectivity index (χ1v) is 6.01. The van der Waals surface area contributed by atoms with Crippen LogP contribution in [0.1, 0.15) is 5.56 Å².